The number of aromatic amines is 4. The number of nitrogens with one attached hydrogen (secondary N) is 13. The SMILES string of the molecule is NC(=O)CNC(=O)[C@@H]1CCCN1C(=O)[C@H](Cc1ccc(O)cc1)NC(=O)[C@H](Cc1c[nH]c2ccccc12)NC(=O)CNC(=O)[C@H](Cc1c[nH]cn1)NC(=O)[C@H](CO)NC(=O)[C@H](Cc1c[nH]c2ccccc12)NC(=O)[C@H](Cc1c[nH]cn1)NC(=O)[C@@H]1CCC(=O)N1. The van der Waals surface area contributed by atoms with Gasteiger partial charge in [-0.3, -0.25) is 52.7 Å². The van der Waals surface area contributed by atoms with Crippen molar-refractivity contribution in [1.29, 1.82) is 0 Å². The lowest BCUT2D eigenvalue weighted by atomic mass is 10.0. The van der Waals surface area contributed by atoms with Crippen LogP contribution < -0.4 is 53.6 Å². The van der Waals surface area contributed by atoms with Gasteiger partial charge in [-0.15, -0.1) is 0 Å². The fraction of sp³-hybridized carbons (Fsp3) is 0.350. The van der Waals surface area contributed by atoms with Gasteiger partial charge >= 0.3 is 0 Å². The summed E-state index contributed by atoms with van der Waals surface area (Å²) in [4.78, 5) is 172. The number of nitrogens with zero attached hydrogens (tertiary/aromatic N) is 3. The summed E-state index contributed by atoms with van der Waals surface area (Å²) >= 11 is 0. The van der Waals surface area contributed by atoms with E-state index in [1.807, 2.05) is 6.07 Å². The zero-order valence-electron chi connectivity index (χ0n) is 48.5. The summed E-state index contributed by atoms with van der Waals surface area (Å²) < 4.78 is 0. The number of nitrogens with two attached hydrogens (primary N) is 1. The van der Waals surface area contributed by atoms with Crippen LogP contribution in [0.2, 0.25) is 0 Å². The number of imidazole rings is 2. The van der Waals surface area contributed by atoms with Gasteiger partial charge in [-0.1, -0.05) is 48.5 Å². The van der Waals surface area contributed by atoms with E-state index in [0.717, 1.165) is 5.52 Å². The van der Waals surface area contributed by atoms with E-state index in [2.05, 4.69) is 77.8 Å². The molecule has 6 heterocycles. The van der Waals surface area contributed by atoms with Crippen molar-refractivity contribution in [3.63, 3.8) is 0 Å². The summed E-state index contributed by atoms with van der Waals surface area (Å²) in [5.74, 6) is -8.58. The molecule has 0 unspecified atom stereocenters. The second-order valence-electron chi connectivity index (χ2n) is 21.9. The van der Waals surface area contributed by atoms with Crippen molar-refractivity contribution < 1.29 is 63.0 Å². The number of primary amides is 1. The summed E-state index contributed by atoms with van der Waals surface area (Å²) in [6.45, 7) is -2.12. The molecule has 2 saturated heterocycles. The fourth-order valence-corrected chi connectivity index (χ4v) is 10.9. The molecule has 11 amide bonds. The van der Waals surface area contributed by atoms with Gasteiger partial charge in [0.1, 0.15) is 54.1 Å². The zero-order valence-corrected chi connectivity index (χ0v) is 48.5. The first-order chi connectivity index (χ1) is 43.4. The molecule has 3 aromatic carbocycles. The summed E-state index contributed by atoms with van der Waals surface area (Å²) in [5.41, 5.74) is 9.04. The molecular formula is C60H69N17O13. The lowest BCUT2D eigenvalue weighted by molar-refractivity contribution is -0.142. The quantitative estimate of drug-likeness (QED) is 0.0225. The number of amides is 11. The molecule has 0 aliphatic carbocycles. The highest BCUT2D eigenvalue weighted by atomic mass is 16.3. The average Bonchev–Trinajstić information content (AvgIpc) is 2.85. The molecule has 90 heavy (non-hydrogen) atoms. The Kier molecular flexibility index (Phi) is 21.0. The van der Waals surface area contributed by atoms with Gasteiger partial charge in [0.2, 0.25) is 65.0 Å². The maximum Gasteiger partial charge on any atom is 0.246 e. The lowest BCUT2D eigenvalue weighted by Gasteiger charge is -2.30. The van der Waals surface area contributed by atoms with Crippen LogP contribution in [0.5, 0.6) is 5.75 Å². The van der Waals surface area contributed by atoms with Crippen molar-refractivity contribution in [3.8, 4) is 5.75 Å². The first-order valence-electron chi connectivity index (χ1n) is 29.1. The molecule has 17 N–H and O–H groups in total. The van der Waals surface area contributed by atoms with E-state index in [1.165, 1.54) is 42.1 Å². The van der Waals surface area contributed by atoms with Crippen molar-refractivity contribution >= 4 is 86.8 Å². The number of aliphatic hydroxyl groups excluding tert-OH is 1. The molecule has 2 aliphatic rings. The smallest absolute Gasteiger partial charge is 0.246 e. The van der Waals surface area contributed by atoms with Gasteiger partial charge in [-0.05, 0) is 60.2 Å². The average molecular weight is 1240 g/mol. The number of fused-ring (bicyclic) bond motifs is 2. The van der Waals surface area contributed by atoms with E-state index in [0.29, 0.717) is 45.1 Å². The van der Waals surface area contributed by atoms with Crippen LogP contribution in [0.4, 0.5) is 0 Å². The van der Waals surface area contributed by atoms with E-state index in [-0.39, 0.29) is 75.3 Å². The second-order valence-corrected chi connectivity index (χ2v) is 21.9. The summed E-state index contributed by atoms with van der Waals surface area (Å²) in [6.07, 6.45) is 9.10. The fourth-order valence-electron chi connectivity index (χ4n) is 10.9. The van der Waals surface area contributed by atoms with Gasteiger partial charge in [0, 0.05) is 91.7 Å². The molecule has 30 nitrogen and oxygen atoms in total. The number of carbonyl (C=O) groups excluding carboxylic acids is 11. The highest BCUT2D eigenvalue weighted by Gasteiger charge is 2.40. The number of phenols is 1. The third kappa shape index (κ3) is 16.6. The van der Waals surface area contributed by atoms with E-state index >= 15 is 0 Å². The largest absolute Gasteiger partial charge is 0.508 e. The predicted octanol–water partition coefficient (Wildman–Crippen LogP) is -2.80. The Morgan fingerprint density at radius 1 is 0.578 bits per heavy atom. The molecule has 0 saturated carbocycles. The number of rotatable bonds is 29. The van der Waals surface area contributed by atoms with E-state index in [4.69, 9.17) is 5.73 Å². The van der Waals surface area contributed by atoms with Gasteiger partial charge in [0.25, 0.3) is 0 Å². The molecule has 0 bridgehead atoms. The van der Waals surface area contributed by atoms with Gasteiger partial charge in [-0.2, -0.15) is 0 Å². The number of hydrogen-bond acceptors (Lipinski definition) is 15. The Morgan fingerprint density at radius 3 is 1.66 bits per heavy atom. The highest BCUT2D eigenvalue weighted by molar-refractivity contribution is 5.99. The number of benzene rings is 3. The number of aromatic hydroxyl groups is 1. The monoisotopic (exact) mass is 1240 g/mol. The number of aliphatic hydroxyl groups is 1. The van der Waals surface area contributed by atoms with Gasteiger partial charge in [-0.25, -0.2) is 9.97 Å². The predicted molar refractivity (Wildman–Crippen MR) is 320 cm³/mol. The molecule has 8 atom stereocenters. The molecule has 4 aromatic heterocycles. The van der Waals surface area contributed by atoms with Gasteiger partial charge in [0.15, 0.2) is 0 Å². The Morgan fingerprint density at radius 2 is 1.11 bits per heavy atom. The van der Waals surface area contributed by atoms with Crippen LogP contribution in [0, 0.1) is 0 Å². The van der Waals surface area contributed by atoms with Gasteiger partial charge < -0.3 is 88.6 Å². The Labute approximate surface area is 512 Å². The van der Waals surface area contributed by atoms with E-state index in [9.17, 15) is 63.0 Å². The highest BCUT2D eigenvalue weighted by Crippen LogP contribution is 2.24. The molecule has 30 heteroatoms. The first-order valence-corrected chi connectivity index (χ1v) is 29.1. The van der Waals surface area contributed by atoms with E-state index in [1.54, 1.807) is 67.0 Å². The van der Waals surface area contributed by atoms with Crippen molar-refractivity contribution in [2.75, 3.05) is 26.2 Å². The minimum Gasteiger partial charge on any atom is -0.508 e. The van der Waals surface area contributed by atoms with Crippen LogP contribution >= 0.6 is 0 Å². The number of phenolic OH excluding ortho intramolecular Hbond substituents is 1. The third-order valence-corrected chi connectivity index (χ3v) is 15.5. The Bertz CT molecular complexity index is 3740. The summed E-state index contributed by atoms with van der Waals surface area (Å²) in [5, 5.41) is 45.5. The molecule has 2 aliphatic heterocycles. The normalized spacial score (nSPS) is 16.5. The second kappa shape index (κ2) is 29.7. The molecular weight excluding hydrogens is 1170 g/mol. The topological polar surface area (TPSA) is 455 Å². The minimum atomic E-state index is -1.76. The summed E-state index contributed by atoms with van der Waals surface area (Å²) in [7, 11) is 0. The minimum absolute atomic E-state index is 0.0546. The molecule has 472 valence electrons. The van der Waals surface area contributed by atoms with Crippen LogP contribution in [-0.2, 0) is 84.8 Å². The van der Waals surface area contributed by atoms with Crippen LogP contribution in [0.1, 0.15) is 53.8 Å². The van der Waals surface area contributed by atoms with Crippen LogP contribution in [0.15, 0.2) is 110 Å². The molecule has 9 rings (SSSR count). The number of carbonyl (C=O) groups is 11. The number of H-pyrrole nitrogens is 4. The van der Waals surface area contributed by atoms with Crippen molar-refractivity contribution in [3.05, 3.63) is 138 Å². The summed E-state index contributed by atoms with van der Waals surface area (Å²) in [6, 6.07) is 9.54. The zero-order chi connectivity index (χ0) is 63.8. The first kappa shape index (κ1) is 63.6. The molecule has 0 radical (unpaired) electrons. The lowest BCUT2D eigenvalue weighted by Crippen LogP contribution is -2.60. The van der Waals surface area contributed by atoms with E-state index < -0.39 is 127 Å². The Balaban J connectivity index is 0.903. The van der Waals surface area contributed by atoms with Crippen LogP contribution in [-0.4, -0.2) is 185 Å². The van der Waals surface area contributed by atoms with Crippen LogP contribution in [0.25, 0.3) is 21.8 Å². The van der Waals surface area contributed by atoms with Crippen molar-refractivity contribution in [2.45, 2.75) is 106 Å². The maximum absolute atomic E-state index is 14.7. The number of likely N-dealkylation sites (tertiary alicyclic amines) is 1. The van der Waals surface area contributed by atoms with Crippen LogP contribution in [0.3, 0.4) is 0 Å². The van der Waals surface area contributed by atoms with Crippen molar-refractivity contribution in [1.82, 2.24) is 82.7 Å². The molecule has 7 aromatic rings. The molecule has 0 spiro atoms. The number of para-hydroxylation sites is 2. The number of aromatic nitrogens is 6. The van der Waals surface area contributed by atoms with Gasteiger partial charge in [0.05, 0.1) is 43.7 Å². The maximum atomic E-state index is 14.7. The van der Waals surface area contributed by atoms with Crippen molar-refractivity contribution in [2.24, 2.45) is 5.73 Å². The standard InChI is InChI=1S/C60H69N17O13/c61-50(80)27-66-59(89)49-10-5-17-77(49)60(90)47(18-32-11-13-37(79)14-12-32)75-55(85)43(19-33-23-64-40-8-3-1-6-38(33)40)71-52(82)28-67-53(83)45(21-35-25-62-30-68-35)73-58(88)48(29-78)76-56(86)44(20-34-24-65-41-9-4-2-7-39(34)41)72-57(87)46(22-36-26-63-31-69-36)74-54(84)42-15-16-51(81)70-42/h1-4,6-9,11-14,23-26,30-31,42-49,64-65,78-79H,5,10,15-22,27-29H2,(H2,61,80)(H,62,68)(H,63,69)(H,66,89)(H,67,83)(H,70,81)(H,71,82)(H,72,87)(H,73,88)(H,74,84)(H,75,85)(H,76,86)/t42-,43-,44-,45-,46-,47-,48-,49-/m0/s1. The Hall–Kier alpha value is -10.9. The molecule has 2 fully saturated rings. The number of hydrogen-bond donors (Lipinski definition) is 16. The third-order valence-electron chi connectivity index (χ3n) is 15.5.